The molecule has 5 nitrogen and oxygen atoms in total. The van der Waals surface area contributed by atoms with Gasteiger partial charge in [0.1, 0.15) is 0 Å². The van der Waals surface area contributed by atoms with Gasteiger partial charge in [0.25, 0.3) is 0 Å². The molecule has 0 spiro atoms. The van der Waals surface area contributed by atoms with E-state index >= 15 is 0 Å². The average Bonchev–Trinajstić information content (AvgIpc) is 2.87. The lowest BCUT2D eigenvalue weighted by atomic mass is 10.0. The second-order valence-corrected chi connectivity index (χ2v) is 6.31. The summed E-state index contributed by atoms with van der Waals surface area (Å²) < 4.78 is 5.22. The van der Waals surface area contributed by atoms with Crippen molar-refractivity contribution < 1.29 is 9.63 Å². The fourth-order valence-corrected chi connectivity index (χ4v) is 2.78. The summed E-state index contributed by atoms with van der Waals surface area (Å²) in [6.45, 7) is 5.57. The fraction of sp³-hybridized carbons (Fsp3) is 0.857. The van der Waals surface area contributed by atoms with Crippen LogP contribution in [0.1, 0.15) is 51.2 Å². The molecule has 19 heavy (non-hydrogen) atoms. The molecule has 1 fully saturated rings. The van der Waals surface area contributed by atoms with E-state index in [2.05, 4.69) is 28.9 Å². The Hall–Kier alpha value is -0.940. The number of hydrogen-bond acceptors (Lipinski definition) is 5. The molecule has 0 unspecified atom stereocenters. The molecule has 0 saturated heterocycles. The van der Waals surface area contributed by atoms with E-state index in [0.29, 0.717) is 30.7 Å². The van der Waals surface area contributed by atoms with E-state index in [0.717, 1.165) is 32.1 Å². The zero-order valence-electron chi connectivity index (χ0n) is 12.2. The Morgan fingerprint density at radius 2 is 2.05 bits per heavy atom. The van der Waals surface area contributed by atoms with Gasteiger partial charge in [0.15, 0.2) is 5.82 Å². The molecule has 108 valence electrons. The molecule has 1 aromatic heterocycles. The van der Waals surface area contributed by atoms with Crippen LogP contribution in [0.3, 0.4) is 0 Å². The minimum atomic E-state index is -0.515. The van der Waals surface area contributed by atoms with Crippen molar-refractivity contribution in [3.63, 3.8) is 0 Å². The summed E-state index contributed by atoms with van der Waals surface area (Å²) in [5.41, 5.74) is -0.515. The lowest BCUT2D eigenvalue weighted by Crippen LogP contribution is -2.38. The van der Waals surface area contributed by atoms with Crippen LogP contribution in [-0.2, 0) is 13.0 Å². The highest BCUT2D eigenvalue weighted by Crippen LogP contribution is 2.30. The third kappa shape index (κ3) is 4.28. The lowest BCUT2D eigenvalue weighted by molar-refractivity contribution is 0.0138. The zero-order chi connectivity index (χ0) is 13.9. The predicted molar refractivity (Wildman–Crippen MR) is 72.6 cm³/mol. The molecule has 1 heterocycles. The summed E-state index contributed by atoms with van der Waals surface area (Å²) in [6.07, 6.45) is 4.89. The largest absolute Gasteiger partial charge is 0.389 e. The van der Waals surface area contributed by atoms with Crippen LogP contribution in [0, 0.1) is 5.92 Å². The average molecular weight is 267 g/mol. The van der Waals surface area contributed by atoms with E-state index in [1.165, 1.54) is 0 Å². The fourth-order valence-electron chi connectivity index (χ4n) is 2.78. The number of rotatable bonds is 6. The van der Waals surface area contributed by atoms with E-state index < -0.39 is 5.60 Å². The molecule has 5 heteroatoms. The third-order valence-corrected chi connectivity index (χ3v) is 3.60. The Morgan fingerprint density at radius 3 is 2.68 bits per heavy atom. The van der Waals surface area contributed by atoms with Gasteiger partial charge in [-0.3, -0.25) is 4.90 Å². The Labute approximate surface area is 115 Å². The van der Waals surface area contributed by atoms with Crippen LogP contribution in [-0.4, -0.2) is 39.3 Å². The van der Waals surface area contributed by atoms with Crippen molar-refractivity contribution >= 4 is 0 Å². The molecule has 1 aliphatic rings. The molecular formula is C14H25N3O2. The second kappa shape index (κ2) is 6.01. The molecule has 0 aliphatic heterocycles. The van der Waals surface area contributed by atoms with Gasteiger partial charge < -0.3 is 9.63 Å². The molecule has 0 amide bonds. The monoisotopic (exact) mass is 267 g/mol. The van der Waals surface area contributed by atoms with E-state index in [1.807, 2.05) is 7.05 Å². The van der Waals surface area contributed by atoms with Crippen molar-refractivity contribution in [1.82, 2.24) is 15.0 Å². The first-order valence-corrected chi connectivity index (χ1v) is 7.19. The summed E-state index contributed by atoms with van der Waals surface area (Å²) in [5, 5.41) is 14.4. The van der Waals surface area contributed by atoms with Crippen molar-refractivity contribution in [2.75, 3.05) is 13.6 Å². The summed E-state index contributed by atoms with van der Waals surface area (Å²) in [6, 6.07) is 0. The Morgan fingerprint density at radius 1 is 1.37 bits per heavy atom. The van der Waals surface area contributed by atoms with E-state index in [1.54, 1.807) is 0 Å². The topological polar surface area (TPSA) is 62.4 Å². The molecule has 0 aromatic carbocycles. The summed E-state index contributed by atoms with van der Waals surface area (Å²) in [4.78, 5) is 6.47. The van der Waals surface area contributed by atoms with Gasteiger partial charge in [-0.05, 0) is 25.8 Å². The van der Waals surface area contributed by atoms with Crippen LogP contribution < -0.4 is 0 Å². The van der Waals surface area contributed by atoms with Gasteiger partial charge in [-0.25, -0.2) is 0 Å². The van der Waals surface area contributed by atoms with Gasteiger partial charge in [0, 0.05) is 13.0 Å². The standard InChI is InChI=1S/C14H25N3O2/c1-11(2)8-13-15-12(16-19-13)9-17(3)10-14(18)6-4-5-7-14/h11,18H,4-10H2,1-3H3. The smallest absolute Gasteiger partial charge is 0.226 e. The Balaban J connectivity index is 1.84. The van der Waals surface area contributed by atoms with Crippen molar-refractivity contribution in [2.45, 2.75) is 58.1 Å². The maximum absolute atomic E-state index is 10.4. The number of aliphatic hydroxyl groups is 1. The highest BCUT2D eigenvalue weighted by atomic mass is 16.5. The molecule has 1 N–H and O–H groups in total. The summed E-state index contributed by atoms with van der Waals surface area (Å²) in [7, 11) is 1.99. The minimum Gasteiger partial charge on any atom is -0.389 e. The molecule has 1 aromatic rings. The van der Waals surface area contributed by atoms with Crippen LogP contribution in [0.5, 0.6) is 0 Å². The normalized spacial score (nSPS) is 18.6. The number of likely N-dealkylation sites (N-methyl/N-ethyl adjacent to an activating group) is 1. The molecule has 2 rings (SSSR count). The minimum absolute atomic E-state index is 0.515. The molecule has 0 radical (unpaired) electrons. The van der Waals surface area contributed by atoms with Gasteiger partial charge in [-0.2, -0.15) is 4.98 Å². The molecule has 1 saturated carbocycles. The van der Waals surface area contributed by atoms with Crippen LogP contribution in [0.25, 0.3) is 0 Å². The second-order valence-electron chi connectivity index (χ2n) is 6.31. The Kier molecular flexibility index (Phi) is 4.58. The molecule has 1 aliphatic carbocycles. The highest BCUT2D eigenvalue weighted by molar-refractivity contribution is 4.90. The van der Waals surface area contributed by atoms with Gasteiger partial charge in [0.05, 0.1) is 12.1 Å². The Bertz CT molecular complexity index is 397. The van der Waals surface area contributed by atoms with Crippen LogP contribution >= 0.6 is 0 Å². The predicted octanol–water partition coefficient (Wildman–Crippen LogP) is 2.00. The maximum atomic E-state index is 10.4. The number of aromatic nitrogens is 2. The van der Waals surface area contributed by atoms with Crippen LogP contribution in [0.2, 0.25) is 0 Å². The van der Waals surface area contributed by atoms with Crippen LogP contribution in [0.4, 0.5) is 0 Å². The SMILES string of the molecule is CC(C)Cc1nc(CN(C)CC2(O)CCCC2)no1. The van der Waals surface area contributed by atoms with Crippen molar-refractivity contribution in [3.05, 3.63) is 11.7 Å². The van der Waals surface area contributed by atoms with E-state index in [9.17, 15) is 5.11 Å². The van der Waals surface area contributed by atoms with E-state index in [4.69, 9.17) is 4.52 Å². The van der Waals surface area contributed by atoms with Gasteiger partial charge in [-0.15, -0.1) is 0 Å². The first-order chi connectivity index (χ1) is 8.97. The van der Waals surface area contributed by atoms with E-state index in [-0.39, 0.29) is 0 Å². The highest BCUT2D eigenvalue weighted by Gasteiger charge is 2.32. The first kappa shape index (κ1) is 14.5. The van der Waals surface area contributed by atoms with Crippen LogP contribution in [0.15, 0.2) is 4.52 Å². The third-order valence-electron chi connectivity index (χ3n) is 3.60. The molecular weight excluding hydrogens is 242 g/mol. The van der Waals surface area contributed by atoms with Gasteiger partial charge in [0.2, 0.25) is 5.89 Å². The summed E-state index contributed by atoms with van der Waals surface area (Å²) >= 11 is 0. The lowest BCUT2D eigenvalue weighted by Gasteiger charge is -2.27. The maximum Gasteiger partial charge on any atom is 0.226 e. The number of hydrogen-bond donors (Lipinski definition) is 1. The summed E-state index contributed by atoms with van der Waals surface area (Å²) in [5.74, 6) is 1.93. The number of nitrogens with zero attached hydrogens (tertiary/aromatic N) is 3. The first-order valence-electron chi connectivity index (χ1n) is 7.19. The quantitative estimate of drug-likeness (QED) is 0.854. The zero-order valence-corrected chi connectivity index (χ0v) is 12.2. The molecule has 0 atom stereocenters. The van der Waals surface area contributed by atoms with Crippen molar-refractivity contribution in [3.8, 4) is 0 Å². The molecule has 0 bridgehead atoms. The van der Waals surface area contributed by atoms with Gasteiger partial charge in [-0.1, -0.05) is 31.8 Å². The van der Waals surface area contributed by atoms with Crippen molar-refractivity contribution in [1.29, 1.82) is 0 Å². The van der Waals surface area contributed by atoms with Crippen molar-refractivity contribution in [2.24, 2.45) is 5.92 Å². The van der Waals surface area contributed by atoms with Gasteiger partial charge >= 0.3 is 0 Å².